The summed E-state index contributed by atoms with van der Waals surface area (Å²) in [7, 11) is 1.95. The molecule has 3 nitrogen and oxygen atoms in total. The van der Waals surface area contributed by atoms with Crippen LogP contribution in [0.5, 0.6) is 0 Å². The van der Waals surface area contributed by atoms with Crippen LogP contribution in [-0.2, 0) is 13.1 Å². The lowest BCUT2D eigenvalue weighted by molar-refractivity contribution is 0.681. The second-order valence-corrected chi connectivity index (χ2v) is 6.32. The molecule has 0 aliphatic heterocycles. The molecule has 98 valence electrons. The van der Waals surface area contributed by atoms with Gasteiger partial charge in [0.15, 0.2) is 5.13 Å². The summed E-state index contributed by atoms with van der Waals surface area (Å²) in [6.07, 6.45) is 0. The quantitative estimate of drug-likeness (QED) is 0.880. The van der Waals surface area contributed by atoms with Crippen molar-refractivity contribution in [2.45, 2.75) is 33.0 Å². The highest BCUT2D eigenvalue weighted by molar-refractivity contribution is 7.13. The standard InChI is InChI=1S/C13H19N3S2/c1-10(2)16(8-12-5-4-6-17-12)13-15-11(7-14-3)9-18-13/h4-6,9-10,14H,7-8H2,1-3H3. The summed E-state index contributed by atoms with van der Waals surface area (Å²) in [6.45, 7) is 6.21. The molecule has 0 fully saturated rings. The zero-order chi connectivity index (χ0) is 13.0. The number of anilines is 1. The molecular formula is C13H19N3S2. The lowest BCUT2D eigenvalue weighted by Crippen LogP contribution is -2.29. The van der Waals surface area contributed by atoms with Gasteiger partial charge in [0.05, 0.1) is 12.2 Å². The Morgan fingerprint density at radius 2 is 2.22 bits per heavy atom. The van der Waals surface area contributed by atoms with Crippen molar-refractivity contribution in [1.82, 2.24) is 10.3 Å². The monoisotopic (exact) mass is 281 g/mol. The second kappa shape index (κ2) is 6.31. The van der Waals surface area contributed by atoms with Crippen LogP contribution in [0.15, 0.2) is 22.9 Å². The molecule has 2 aromatic heterocycles. The second-order valence-electron chi connectivity index (χ2n) is 4.45. The molecule has 1 N–H and O–H groups in total. The first-order valence-electron chi connectivity index (χ1n) is 6.08. The van der Waals surface area contributed by atoms with E-state index in [-0.39, 0.29) is 0 Å². The average molecular weight is 281 g/mol. The zero-order valence-corrected chi connectivity index (χ0v) is 12.6. The average Bonchev–Trinajstić information content (AvgIpc) is 2.96. The SMILES string of the molecule is CNCc1csc(N(Cc2cccs2)C(C)C)n1. The van der Waals surface area contributed by atoms with Crippen molar-refractivity contribution in [3.8, 4) is 0 Å². The first kappa shape index (κ1) is 13.5. The van der Waals surface area contributed by atoms with Gasteiger partial charge in [-0.3, -0.25) is 0 Å². The minimum absolute atomic E-state index is 0.459. The molecule has 0 spiro atoms. The Balaban J connectivity index is 2.13. The van der Waals surface area contributed by atoms with Crippen molar-refractivity contribution in [3.63, 3.8) is 0 Å². The van der Waals surface area contributed by atoms with Crippen LogP contribution < -0.4 is 10.2 Å². The number of hydrogen-bond acceptors (Lipinski definition) is 5. The van der Waals surface area contributed by atoms with E-state index in [1.807, 2.05) is 7.05 Å². The lowest BCUT2D eigenvalue weighted by atomic mass is 10.3. The van der Waals surface area contributed by atoms with Gasteiger partial charge in [0, 0.05) is 22.8 Å². The molecule has 2 rings (SSSR count). The number of rotatable bonds is 6. The van der Waals surface area contributed by atoms with Crippen molar-refractivity contribution in [2.24, 2.45) is 0 Å². The Morgan fingerprint density at radius 1 is 1.39 bits per heavy atom. The molecule has 0 saturated heterocycles. The minimum Gasteiger partial charge on any atom is -0.341 e. The van der Waals surface area contributed by atoms with Gasteiger partial charge in [-0.05, 0) is 32.3 Å². The van der Waals surface area contributed by atoms with Crippen LogP contribution in [-0.4, -0.2) is 18.1 Å². The van der Waals surface area contributed by atoms with E-state index in [9.17, 15) is 0 Å². The summed E-state index contributed by atoms with van der Waals surface area (Å²) < 4.78 is 0. The van der Waals surface area contributed by atoms with E-state index in [0.717, 1.165) is 23.9 Å². The number of thiophene rings is 1. The molecule has 0 radical (unpaired) electrons. The summed E-state index contributed by atoms with van der Waals surface area (Å²) in [6, 6.07) is 4.75. The van der Waals surface area contributed by atoms with Gasteiger partial charge in [-0.15, -0.1) is 22.7 Å². The van der Waals surface area contributed by atoms with Crippen molar-refractivity contribution < 1.29 is 0 Å². The highest BCUT2D eigenvalue weighted by Gasteiger charge is 2.15. The van der Waals surface area contributed by atoms with E-state index in [0.29, 0.717) is 6.04 Å². The van der Waals surface area contributed by atoms with E-state index >= 15 is 0 Å². The summed E-state index contributed by atoms with van der Waals surface area (Å²) in [4.78, 5) is 8.43. The van der Waals surface area contributed by atoms with Crippen LogP contribution in [0.3, 0.4) is 0 Å². The van der Waals surface area contributed by atoms with Gasteiger partial charge in [-0.25, -0.2) is 4.98 Å². The van der Waals surface area contributed by atoms with Gasteiger partial charge in [0.25, 0.3) is 0 Å². The summed E-state index contributed by atoms with van der Waals surface area (Å²) >= 11 is 3.53. The molecule has 0 bridgehead atoms. The van der Waals surface area contributed by atoms with E-state index in [4.69, 9.17) is 0 Å². The fourth-order valence-electron chi connectivity index (χ4n) is 1.73. The molecule has 0 aliphatic rings. The molecule has 0 atom stereocenters. The van der Waals surface area contributed by atoms with Crippen molar-refractivity contribution in [3.05, 3.63) is 33.5 Å². The van der Waals surface area contributed by atoms with Gasteiger partial charge < -0.3 is 10.2 Å². The summed E-state index contributed by atoms with van der Waals surface area (Å²) in [5.74, 6) is 0. The number of hydrogen-bond donors (Lipinski definition) is 1. The molecule has 2 aromatic rings. The van der Waals surface area contributed by atoms with Crippen molar-refractivity contribution >= 4 is 27.8 Å². The Bertz CT molecular complexity index is 462. The van der Waals surface area contributed by atoms with Crippen LogP contribution in [0.4, 0.5) is 5.13 Å². The number of thiazole rings is 1. The predicted octanol–water partition coefficient (Wildman–Crippen LogP) is 3.34. The van der Waals surface area contributed by atoms with Crippen LogP contribution in [0.2, 0.25) is 0 Å². The topological polar surface area (TPSA) is 28.2 Å². The summed E-state index contributed by atoms with van der Waals surface area (Å²) in [5, 5.41) is 8.51. The van der Waals surface area contributed by atoms with Crippen LogP contribution in [0.1, 0.15) is 24.4 Å². The van der Waals surface area contributed by atoms with Gasteiger partial charge in [-0.2, -0.15) is 0 Å². The molecule has 5 heteroatoms. The molecule has 0 amide bonds. The Labute approximate surface area is 116 Å². The molecule has 2 heterocycles. The van der Waals surface area contributed by atoms with Crippen molar-refractivity contribution in [2.75, 3.05) is 11.9 Å². The fraction of sp³-hybridized carbons (Fsp3) is 0.462. The normalized spacial score (nSPS) is 11.1. The molecule has 0 unspecified atom stereocenters. The highest BCUT2D eigenvalue weighted by Crippen LogP contribution is 2.25. The number of aromatic nitrogens is 1. The van der Waals surface area contributed by atoms with Crippen LogP contribution >= 0.6 is 22.7 Å². The molecule has 18 heavy (non-hydrogen) atoms. The summed E-state index contributed by atoms with van der Waals surface area (Å²) in [5.41, 5.74) is 1.12. The maximum absolute atomic E-state index is 4.69. The first-order chi connectivity index (χ1) is 8.70. The third kappa shape index (κ3) is 3.31. The fourth-order valence-corrected chi connectivity index (χ4v) is 3.39. The maximum Gasteiger partial charge on any atom is 0.186 e. The Hall–Kier alpha value is -0.910. The number of nitrogens with zero attached hydrogens (tertiary/aromatic N) is 2. The van der Waals surface area contributed by atoms with Crippen molar-refractivity contribution in [1.29, 1.82) is 0 Å². The van der Waals surface area contributed by atoms with E-state index < -0.39 is 0 Å². The van der Waals surface area contributed by atoms with Crippen LogP contribution in [0, 0.1) is 0 Å². The first-order valence-corrected chi connectivity index (χ1v) is 7.84. The third-order valence-corrected chi connectivity index (χ3v) is 4.46. The highest BCUT2D eigenvalue weighted by atomic mass is 32.1. The lowest BCUT2D eigenvalue weighted by Gasteiger charge is -2.25. The molecule has 0 aromatic carbocycles. The number of nitrogens with one attached hydrogen (secondary N) is 1. The van der Waals surface area contributed by atoms with E-state index in [1.165, 1.54) is 4.88 Å². The van der Waals surface area contributed by atoms with Crippen LogP contribution in [0.25, 0.3) is 0 Å². The molecule has 0 aliphatic carbocycles. The third-order valence-electron chi connectivity index (χ3n) is 2.67. The molecule has 0 saturated carbocycles. The van der Waals surface area contributed by atoms with Gasteiger partial charge in [0.2, 0.25) is 0 Å². The zero-order valence-electron chi connectivity index (χ0n) is 11.0. The Morgan fingerprint density at radius 3 is 2.83 bits per heavy atom. The van der Waals surface area contributed by atoms with E-state index in [1.54, 1.807) is 22.7 Å². The maximum atomic E-state index is 4.69. The smallest absolute Gasteiger partial charge is 0.186 e. The van der Waals surface area contributed by atoms with Gasteiger partial charge in [0.1, 0.15) is 0 Å². The minimum atomic E-state index is 0.459. The largest absolute Gasteiger partial charge is 0.341 e. The Kier molecular flexibility index (Phi) is 4.74. The molecular weight excluding hydrogens is 262 g/mol. The van der Waals surface area contributed by atoms with Gasteiger partial charge >= 0.3 is 0 Å². The van der Waals surface area contributed by atoms with Gasteiger partial charge in [-0.1, -0.05) is 6.07 Å². The predicted molar refractivity (Wildman–Crippen MR) is 80.5 cm³/mol. The van der Waals surface area contributed by atoms with E-state index in [2.05, 4.69) is 51.9 Å².